The molecule has 4 rings (SSSR count). The van der Waals surface area contributed by atoms with E-state index in [0.29, 0.717) is 5.92 Å². The van der Waals surface area contributed by atoms with Crippen LogP contribution in [-0.2, 0) is 4.79 Å². The predicted molar refractivity (Wildman–Crippen MR) is 105 cm³/mol. The standard InChI is InChI=1S/C22H27N3O/c1-13(2)16-7-9-17(10-8-16)21-19-15(4)23-24-20(19)22(26)25(21)18-11-5-14(3)6-12-18/h5-13,15,19-21,23-24H,1-4H3. The number of aryl methyl sites for hydroxylation is 1. The van der Waals surface area contributed by atoms with Crippen LogP contribution in [0.25, 0.3) is 0 Å². The number of carbonyl (C=O) groups excluding carboxylic acids is 1. The smallest absolute Gasteiger partial charge is 0.246 e. The molecule has 2 N–H and O–H groups in total. The summed E-state index contributed by atoms with van der Waals surface area (Å²) >= 11 is 0. The zero-order chi connectivity index (χ0) is 18.4. The highest BCUT2D eigenvalue weighted by Crippen LogP contribution is 2.44. The lowest BCUT2D eigenvalue weighted by molar-refractivity contribution is -0.119. The minimum Gasteiger partial charge on any atom is -0.303 e. The van der Waals surface area contributed by atoms with Crippen molar-refractivity contribution in [2.45, 2.75) is 51.7 Å². The van der Waals surface area contributed by atoms with Crippen molar-refractivity contribution in [3.05, 3.63) is 65.2 Å². The van der Waals surface area contributed by atoms with E-state index < -0.39 is 0 Å². The van der Waals surface area contributed by atoms with E-state index in [1.54, 1.807) is 0 Å². The number of anilines is 1. The first-order valence-corrected chi connectivity index (χ1v) is 9.48. The van der Waals surface area contributed by atoms with Gasteiger partial charge in [-0.15, -0.1) is 0 Å². The summed E-state index contributed by atoms with van der Waals surface area (Å²) in [5.74, 6) is 0.853. The van der Waals surface area contributed by atoms with Crippen molar-refractivity contribution in [1.29, 1.82) is 0 Å². The summed E-state index contributed by atoms with van der Waals surface area (Å²) in [7, 11) is 0. The van der Waals surface area contributed by atoms with E-state index >= 15 is 0 Å². The molecule has 4 unspecified atom stereocenters. The Balaban J connectivity index is 1.78. The van der Waals surface area contributed by atoms with Crippen molar-refractivity contribution in [2.75, 3.05) is 4.90 Å². The zero-order valence-corrected chi connectivity index (χ0v) is 15.9. The van der Waals surface area contributed by atoms with Gasteiger partial charge in [-0.05, 0) is 43.0 Å². The molecule has 4 atom stereocenters. The Bertz CT molecular complexity index is 797. The number of carbonyl (C=O) groups is 1. The van der Waals surface area contributed by atoms with Crippen LogP contribution in [0.3, 0.4) is 0 Å². The first-order chi connectivity index (χ1) is 12.5. The van der Waals surface area contributed by atoms with Gasteiger partial charge in [0.25, 0.3) is 0 Å². The molecule has 2 aliphatic rings. The summed E-state index contributed by atoms with van der Waals surface area (Å²) < 4.78 is 0. The highest BCUT2D eigenvalue weighted by Gasteiger charge is 2.54. The molecule has 2 fully saturated rings. The number of hydrogen-bond acceptors (Lipinski definition) is 3. The number of rotatable bonds is 3. The summed E-state index contributed by atoms with van der Waals surface area (Å²) in [4.78, 5) is 15.2. The summed E-state index contributed by atoms with van der Waals surface area (Å²) in [6, 6.07) is 17.1. The SMILES string of the molecule is Cc1ccc(N2C(=O)C3NNC(C)C3C2c2ccc(C(C)C)cc2)cc1. The van der Waals surface area contributed by atoms with Crippen LogP contribution in [0.1, 0.15) is 49.4 Å². The van der Waals surface area contributed by atoms with Crippen LogP contribution in [0.15, 0.2) is 48.5 Å². The van der Waals surface area contributed by atoms with Gasteiger partial charge in [0.15, 0.2) is 0 Å². The lowest BCUT2D eigenvalue weighted by atomic mass is 9.86. The second-order valence-corrected chi connectivity index (χ2v) is 7.94. The predicted octanol–water partition coefficient (Wildman–Crippen LogP) is 3.69. The average molecular weight is 349 g/mol. The highest BCUT2D eigenvalue weighted by atomic mass is 16.2. The Kier molecular flexibility index (Phi) is 4.33. The summed E-state index contributed by atoms with van der Waals surface area (Å²) in [5.41, 5.74) is 11.2. The average Bonchev–Trinajstić information content (AvgIpc) is 3.15. The van der Waals surface area contributed by atoms with E-state index in [0.717, 1.165) is 5.69 Å². The number of amides is 1. The molecule has 0 radical (unpaired) electrons. The van der Waals surface area contributed by atoms with Gasteiger partial charge in [-0.3, -0.25) is 10.2 Å². The van der Waals surface area contributed by atoms with Crippen LogP contribution in [0.5, 0.6) is 0 Å². The highest BCUT2D eigenvalue weighted by molar-refractivity contribution is 6.01. The maximum absolute atomic E-state index is 13.2. The molecule has 1 amide bonds. The summed E-state index contributed by atoms with van der Waals surface area (Å²) in [6.45, 7) is 8.63. The molecule has 26 heavy (non-hydrogen) atoms. The van der Waals surface area contributed by atoms with Crippen LogP contribution in [0.2, 0.25) is 0 Å². The van der Waals surface area contributed by atoms with E-state index in [1.807, 2.05) is 4.90 Å². The quantitative estimate of drug-likeness (QED) is 0.888. The molecule has 0 saturated carbocycles. The molecule has 4 heteroatoms. The lowest BCUT2D eigenvalue weighted by Gasteiger charge is -2.30. The molecule has 136 valence electrons. The first-order valence-electron chi connectivity index (χ1n) is 9.48. The Labute approximate surface area is 155 Å². The Morgan fingerprint density at radius 3 is 2.23 bits per heavy atom. The van der Waals surface area contributed by atoms with Gasteiger partial charge >= 0.3 is 0 Å². The minimum atomic E-state index is -0.180. The van der Waals surface area contributed by atoms with Gasteiger partial charge in [0.1, 0.15) is 6.04 Å². The second-order valence-electron chi connectivity index (χ2n) is 7.94. The number of hydrogen-bond donors (Lipinski definition) is 2. The largest absolute Gasteiger partial charge is 0.303 e. The van der Waals surface area contributed by atoms with Crippen molar-refractivity contribution in [3.63, 3.8) is 0 Å². The van der Waals surface area contributed by atoms with E-state index in [9.17, 15) is 4.79 Å². The van der Waals surface area contributed by atoms with Crippen molar-refractivity contribution in [1.82, 2.24) is 10.9 Å². The maximum Gasteiger partial charge on any atom is 0.246 e. The number of nitrogens with zero attached hydrogens (tertiary/aromatic N) is 1. The molecule has 2 aromatic carbocycles. The molecular weight excluding hydrogens is 322 g/mol. The summed E-state index contributed by atoms with van der Waals surface area (Å²) in [5, 5.41) is 0. The fourth-order valence-corrected chi connectivity index (χ4v) is 4.29. The number of hydrazine groups is 1. The van der Waals surface area contributed by atoms with E-state index in [2.05, 4.69) is 87.1 Å². The second kappa shape index (κ2) is 6.53. The molecule has 2 heterocycles. The fraction of sp³-hybridized carbons (Fsp3) is 0.409. The molecular formula is C22H27N3O. The molecule has 2 saturated heterocycles. The van der Waals surface area contributed by atoms with Gasteiger partial charge in [-0.2, -0.15) is 0 Å². The van der Waals surface area contributed by atoms with Crippen molar-refractivity contribution in [3.8, 4) is 0 Å². The van der Waals surface area contributed by atoms with Crippen LogP contribution in [-0.4, -0.2) is 18.0 Å². The topological polar surface area (TPSA) is 44.4 Å². The van der Waals surface area contributed by atoms with Gasteiger partial charge in [0.2, 0.25) is 5.91 Å². The number of nitrogens with one attached hydrogen (secondary N) is 2. The third-order valence-corrected chi connectivity index (χ3v) is 5.83. The monoisotopic (exact) mass is 349 g/mol. The third kappa shape index (κ3) is 2.74. The fourth-order valence-electron chi connectivity index (χ4n) is 4.29. The Morgan fingerprint density at radius 1 is 0.962 bits per heavy atom. The molecule has 0 spiro atoms. The van der Waals surface area contributed by atoms with Crippen LogP contribution in [0, 0.1) is 12.8 Å². The van der Waals surface area contributed by atoms with Crippen molar-refractivity contribution in [2.24, 2.45) is 5.92 Å². The molecule has 2 aromatic rings. The molecule has 0 aliphatic carbocycles. The van der Waals surface area contributed by atoms with Crippen LogP contribution in [0.4, 0.5) is 5.69 Å². The first kappa shape index (κ1) is 17.3. The van der Waals surface area contributed by atoms with Crippen molar-refractivity contribution < 1.29 is 4.79 Å². The van der Waals surface area contributed by atoms with Crippen molar-refractivity contribution >= 4 is 11.6 Å². The number of fused-ring (bicyclic) bond motifs is 1. The molecule has 0 aromatic heterocycles. The Morgan fingerprint density at radius 2 is 1.62 bits per heavy atom. The van der Waals surface area contributed by atoms with E-state index in [-0.39, 0.29) is 30.0 Å². The van der Waals surface area contributed by atoms with Gasteiger partial charge in [0, 0.05) is 17.6 Å². The minimum absolute atomic E-state index is 0.0360. The van der Waals surface area contributed by atoms with Crippen LogP contribution < -0.4 is 15.8 Å². The maximum atomic E-state index is 13.2. The third-order valence-electron chi connectivity index (χ3n) is 5.83. The van der Waals surface area contributed by atoms with Gasteiger partial charge in [-0.1, -0.05) is 55.8 Å². The zero-order valence-electron chi connectivity index (χ0n) is 15.9. The van der Waals surface area contributed by atoms with Gasteiger partial charge in [-0.25, -0.2) is 5.43 Å². The normalized spacial score (nSPS) is 28.0. The molecule has 0 bridgehead atoms. The van der Waals surface area contributed by atoms with Crippen LogP contribution >= 0.6 is 0 Å². The number of benzene rings is 2. The van der Waals surface area contributed by atoms with Gasteiger partial charge in [0.05, 0.1) is 6.04 Å². The molecule has 2 aliphatic heterocycles. The van der Waals surface area contributed by atoms with E-state index in [4.69, 9.17) is 0 Å². The summed E-state index contributed by atoms with van der Waals surface area (Å²) in [6.07, 6.45) is 0. The van der Waals surface area contributed by atoms with Gasteiger partial charge < -0.3 is 4.90 Å². The lowest BCUT2D eigenvalue weighted by Crippen LogP contribution is -2.42. The van der Waals surface area contributed by atoms with E-state index in [1.165, 1.54) is 16.7 Å². The Hall–Kier alpha value is -2.17. The molecule has 4 nitrogen and oxygen atoms in total.